The van der Waals surface area contributed by atoms with E-state index in [4.69, 9.17) is 0 Å². The Morgan fingerprint density at radius 2 is 1.50 bits per heavy atom. The van der Waals surface area contributed by atoms with E-state index < -0.39 is 0 Å². The summed E-state index contributed by atoms with van der Waals surface area (Å²) in [4.78, 5) is 8.48. The number of hydrogen-bond donors (Lipinski definition) is 0. The highest BCUT2D eigenvalue weighted by atomic mass is 14.6. The van der Waals surface area contributed by atoms with Crippen LogP contribution in [0.25, 0.3) is 0 Å². The third-order valence-corrected chi connectivity index (χ3v) is 3.99. The van der Waals surface area contributed by atoms with Crippen LogP contribution in [0.3, 0.4) is 0 Å². The molecule has 0 saturated heterocycles. The molecule has 2 heterocycles. The number of aromatic nitrogens is 2. The van der Waals surface area contributed by atoms with Crippen molar-refractivity contribution in [3.63, 3.8) is 0 Å². The van der Waals surface area contributed by atoms with Gasteiger partial charge in [0.25, 0.3) is 0 Å². The van der Waals surface area contributed by atoms with E-state index in [1.165, 1.54) is 24.0 Å². The Morgan fingerprint density at radius 1 is 0.950 bits per heavy atom. The molecule has 2 aromatic rings. The van der Waals surface area contributed by atoms with E-state index in [2.05, 4.69) is 35.9 Å². The summed E-state index contributed by atoms with van der Waals surface area (Å²) in [7, 11) is 0. The molecule has 1 atom stereocenters. The minimum atomic E-state index is 0.656. The summed E-state index contributed by atoms with van der Waals surface area (Å²) in [6.45, 7) is 4.64. The zero-order chi connectivity index (χ0) is 14.2. The van der Waals surface area contributed by atoms with Crippen molar-refractivity contribution in [1.82, 2.24) is 9.97 Å². The zero-order valence-electron chi connectivity index (χ0n) is 12.5. The third kappa shape index (κ3) is 4.44. The molecule has 0 N–H and O–H groups in total. The fraction of sp³-hybridized carbons (Fsp3) is 0.444. The zero-order valence-corrected chi connectivity index (χ0v) is 12.5. The highest BCUT2D eigenvalue weighted by molar-refractivity contribution is 5.13. The molecule has 1 unspecified atom stereocenters. The second-order valence-corrected chi connectivity index (χ2v) is 5.66. The summed E-state index contributed by atoms with van der Waals surface area (Å²) in [5, 5.41) is 0. The second kappa shape index (κ2) is 7.78. The maximum atomic E-state index is 4.24. The molecule has 0 aromatic carbocycles. The molecule has 106 valence electrons. The molecule has 0 fully saturated rings. The van der Waals surface area contributed by atoms with E-state index in [0.717, 1.165) is 18.8 Å². The molecule has 0 spiro atoms. The lowest BCUT2D eigenvalue weighted by molar-refractivity contribution is 0.330. The largest absolute Gasteiger partial charge is 0.264 e. The van der Waals surface area contributed by atoms with Crippen LogP contribution in [0, 0.1) is 11.8 Å². The van der Waals surface area contributed by atoms with Crippen LogP contribution in [0.5, 0.6) is 0 Å². The van der Waals surface area contributed by atoms with Gasteiger partial charge in [0, 0.05) is 24.8 Å². The van der Waals surface area contributed by atoms with Crippen molar-refractivity contribution in [2.75, 3.05) is 0 Å². The third-order valence-electron chi connectivity index (χ3n) is 3.99. The van der Waals surface area contributed by atoms with E-state index in [-0.39, 0.29) is 0 Å². The van der Waals surface area contributed by atoms with Crippen molar-refractivity contribution < 1.29 is 0 Å². The minimum Gasteiger partial charge on any atom is -0.264 e. The molecule has 2 rings (SSSR count). The first-order valence-electron chi connectivity index (χ1n) is 7.57. The Morgan fingerprint density at radius 3 is 1.90 bits per heavy atom. The van der Waals surface area contributed by atoms with Gasteiger partial charge in [0.1, 0.15) is 0 Å². The van der Waals surface area contributed by atoms with Gasteiger partial charge in [-0.15, -0.1) is 0 Å². The number of nitrogens with zero attached hydrogens (tertiary/aromatic N) is 2. The predicted molar refractivity (Wildman–Crippen MR) is 83.4 cm³/mol. The molecule has 20 heavy (non-hydrogen) atoms. The summed E-state index contributed by atoms with van der Waals surface area (Å²) < 4.78 is 0. The minimum absolute atomic E-state index is 0.656. The van der Waals surface area contributed by atoms with Crippen LogP contribution in [-0.4, -0.2) is 9.97 Å². The van der Waals surface area contributed by atoms with Gasteiger partial charge in [-0.3, -0.25) is 9.97 Å². The predicted octanol–water partition coefficient (Wildman–Crippen LogP) is 4.31. The van der Waals surface area contributed by atoms with E-state index in [1.54, 1.807) is 0 Å². The van der Waals surface area contributed by atoms with Gasteiger partial charge >= 0.3 is 0 Å². The van der Waals surface area contributed by atoms with Crippen molar-refractivity contribution in [3.8, 4) is 0 Å². The standard InChI is InChI=1S/C18H24N2/c1-3-6-15(2)18(11-16-7-4-9-19-13-16)12-17-8-5-10-20-14-17/h4-5,7-10,13-15,18H,3,6,11-12H2,1-2H3. The van der Waals surface area contributed by atoms with Gasteiger partial charge in [-0.2, -0.15) is 0 Å². The molecular weight excluding hydrogens is 244 g/mol. The first-order valence-corrected chi connectivity index (χ1v) is 7.57. The maximum Gasteiger partial charge on any atom is 0.0299 e. The van der Waals surface area contributed by atoms with Crippen molar-refractivity contribution >= 4 is 0 Å². The Bertz CT molecular complexity index is 440. The van der Waals surface area contributed by atoms with Gasteiger partial charge < -0.3 is 0 Å². The van der Waals surface area contributed by atoms with E-state index in [1.807, 2.05) is 36.9 Å². The van der Waals surface area contributed by atoms with Crippen LogP contribution >= 0.6 is 0 Å². The normalized spacial score (nSPS) is 12.6. The molecule has 2 aromatic heterocycles. The number of pyridine rings is 2. The Balaban J connectivity index is 2.08. The fourth-order valence-corrected chi connectivity index (χ4v) is 2.81. The molecule has 2 nitrogen and oxygen atoms in total. The van der Waals surface area contributed by atoms with Crippen molar-refractivity contribution in [2.45, 2.75) is 39.5 Å². The SMILES string of the molecule is CCCC(C)C(Cc1cccnc1)Cc1cccnc1. The van der Waals surface area contributed by atoms with Gasteiger partial charge in [-0.25, -0.2) is 0 Å². The van der Waals surface area contributed by atoms with Gasteiger partial charge in [-0.05, 0) is 47.9 Å². The summed E-state index contributed by atoms with van der Waals surface area (Å²) in [6, 6.07) is 8.42. The first-order chi connectivity index (χ1) is 9.79. The molecule has 2 heteroatoms. The quantitative estimate of drug-likeness (QED) is 0.747. The van der Waals surface area contributed by atoms with Crippen molar-refractivity contribution in [2.24, 2.45) is 11.8 Å². The van der Waals surface area contributed by atoms with Crippen LogP contribution < -0.4 is 0 Å². The van der Waals surface area contributed by atoms with Crippen molar-refractivity contribution in [3.05, 3.63) is 60.2 Å². The summed E-state index contributed by atoms with van der Waals surface area (Å²) in [6.07, 6.45) is 12.4. The van der Waals surface area contributed by atoms with E-state index in [0.29, 0.717) is 5.92 Å². The topological polar surface area (TPSA) is 25.8 Å². The Labute approximate surface area is 122 Å². The van der Waals surface area contributed by atoms with Crippen LogP contribution in [-0.2, 0) is 12.8 Å². The van der Waals surface area contributed by atoms with Gasteiger partial charge in [0.15, 0.2) is 0 Å². The molecule has 0 aliphatic carbocycles. The molecule has 0 amide bonds. The van der Waals surface area contributed by atoms with Crippen LogP contribution in [0.15, 0.2) is 49.1 Å². The monoisotopic (exact) mass is 268 g/mol. The Kier molecular flexibility index (Phi) is 5.72. The van der Waals surface area contributed by atoms with Gasteiger partial charge in [0.05, 0.1) is 0 Å². The van der Waals surface area contributed by atoms with Gasteiger partial charge in [0.2, 0.25) is 0 Å². The van der Waals surface area contributed by atoms with Crippen LogP contribution in [0.4, 0.5) is 0 Å². The second-order valence-electron chi connectivity index (χ2n) is 5.66. The average Bonchev–Trinajstić information content (AvgIpc) is 2.49. The number of hydrogen-bond acceptors (Lipinski definition) is 2. The highest BCUT2D eigenvalue weighted by Gasteiger charge is 2.18. The molecular formula is C18H24N2. The number of rotatable bonds is 7. The van der Waals surface area contributed by atoms with E-state index >= 15 is 0 Å². The maximum absolute atomic E-state index is 4.24. The smallest absolute Gasteiger partial charge is 0.0299 e. The lowest BCUT2D eigenvalue weighted by Gasteiger charge is -2.24. The first kappa shape index (κ1) is 14.7. The van der Waals surface area contributed by atoms with Crippen LogP contribution in [0.1, 0.15) is 37.8 Å². The van der Waals surface area contributed by atoms with Gasteiger partial charge in [-0.1, -0.05) is 38.8 Å². The molecule has 0 aliphatic heterocycles. The highest BCUT2D eigenvalue weighted by Crippen LogP contribution is 2.25. The summed E-state index contributed by atoms with van der Waals surface area (Å²) in [5.41, 5.74) is 2.67. The summed E-state index contributed by atoms with van der Waals surface area (Å²) >= 11 is 0. The average molecular weight is 268 g/mol. The lowest BCUT2D eigenvalue weighted by atomic mass is 9.82. The molecule has 0 bridgehead atoms. The molecule has 0 saturated carbocycles. The molecule has 0 radical (unpaired) electrons. The van der Waals surface area contributed by atoms with Crippen LogP contribution in [0.2, 0.25) is 0 Å². The Hall–Kier alpha value is -1.70. The molecule has 0 aliphatic rings. The van der Waals surface area contributed by atoms with Crippen molar-refractivity contribution in [1.29, 1.82) is 0 Å². The van der Waals surface area contributed by atoms with E-state index in [9.17, 15) is 0 Å². The fourth-order valence-electron chi connectivity index (χ4n) is 2.81. The summed E-state index contributed by atoms with van der Waals surface area (Å²) in [5.74, 6) is 1.38. The lowest BCUT2D eigenvalue weighted by Crippen LogP contribution is -2.17.